The van der Waals surface area contributed by atoms with Crippen molar-refractivity contribution in [1.29, 1.82) is 0 Å². The summed E-state index contributed by atoms with van der Waals surface area (Å²) in [5.74, 6) is 0. The maximum Gasteiger partial charge on any atom is 0.135 e. The number of benzene rings is 8. The first-order valence-electron chi connectivity index (χ1n) is 17.4. The van der Waals surface area contributed by atoms with E-state index in [9.17, 15) is 0 Å². The number of nitrogens with zero attached hydrogens (tertiary/aromatic N) is 2. The second kappa shape index (κ2) is 11.9. The van der Waals surface area contributed by atoms with E-state index in [0.29, 0.717) is 0 Å². The smallest absolute Gasteiger partial charge is 0.135 e. The molecule has 0 atom stereocenters. The van der Waals surface area contributed by atoms with Crippen molar-refractivity contribution in [3.05, 3.63) is 194 Å². The SMILES string of the molecule is c1ccc(-c2cccc3c2c2ccc(N(c4ccccc4)c4ccc(-c5ccc6oc7ccccc7c6c5)cc4)cc2n3-c2ccccc2)cc1. The van der Waals surface area contributed by atoms with Gasteiger partial charge in [0.2, 0.25) is 0 Å². The molecular formula is C48H32N2O. The van der Waals surface area contributed by atoms with Crippen molar-refractivity contribution in [3.63, 3.8) is 0 Å². The van der Waals surface area contributed by atoms with Crippen LogP contribution in [0.4, 0.5) is 17.1 Å². The minimum Gasteiger partial charge on any atom is -0.456 e. The zero-order chi connectivity index (χ0) is 33.7. The van der Waals surface area contributed by atoms with Crippen LogP contribution in [0.1, 0.15) is 0 Å². The summed E-state index contributed by atoms with van der Waals surface area (Å²) in [7, 11) is 0. The molecule has 0 amide bonds. The highest BCUT2D eigenvalue weighted by Gasteiger charge is 2.20. The van der Waals surface area contributed by atoms with Gasteiger partial charge in [-0.2, -0.15) is 0 Å². The Labute approximate surface area is 295 Å². The molecular weight excluding hydrogens is 621 g/mol. The summed E-state index contributed by atoms with van der Waals surface area (Å²) >= 11 is 0. The molecule has 10 aromatic rings. The normalized spacial score (nSPS) is 11.5. The first-order valence-corrected chi connectivity index (χ1v) is 17.4. The Morgan fingerprint density at radius 2 is 1.02 bits per heavy atom. The van der Waals surface area contributed by atoms with Crippen LogP contribution in [-0.2, 0) is 0 Å². The van der Waals surface area contributed by atoms with E-state index in [1.165, 1.54) is 27.4 Å². The first kappa shape index (κ1) is 29.1. The number of para-hydroxylation sites is 3. The largest absolute Gasteiger partial charge is 0.456 e. The third-order valence-corrected chi connectivity index (χ3v) is 9.98. The highest BCUT2D eigenvalue weighted by atomic mass is 16.3. The van der Waals surface area contributed by atoms with Gasteiger partial charge in [-0.1, -0.05) is 121 Å². The van der Waals surface area contributed by atoms with Crippen molar-refractivity contribution in [1.82, 2.24) is 4.57 Å². The zero-order valence-corrected chi connectivity index (χ0v) is 27.8. The Bertz CT molecular complexity index is 2830. The summed E-state index contributed by atoms with van der Waals surface area (Å²) < 4.78 is 8.50. The van der Waals surface area contributed by atoms with Crippen LogP contribution < -0.4 is 4.90 Å². The standard InChI is InChI=1S/C48H32N2O/c1-4-13-34(14-5-1)40-20-12-21-44-48(40)42-29-28-39(32-45(42)50(44)37-17-8-3-9-18-37)49(36-15-6-2-7-16-36)38-26-23-33(24-27-38)35-25-30-47-43(31-35)41-19-10-11-22-46(41)51-47/h1-32H. The monoisotopic (exact) mass is 652 g/mol. The van der Waals surface area contributed by atoms with Crippen LogP contribution in [0.3, 0.4) is 0 Å². The Morgan fingerprint density at radius 3 is 1.82 bits per heavy atom. The number of fused-ring (bicyclic) bond motifs is 6. The molecule has 3 nitrogen and oxygen atoms in total. The molecule has 0 saturated carbocycles. The summed E-state index contributed by atoms with van der Waals surface area (Å²) in [4.78, 5) is 2.35. The van der Waals surface area contributed by atoms with Crippen LogP contribution in [0.25, 0.3) is 71.7 Å². The Balaban J connectivity index is 1.14. The van der Waals surface area contributed by atoms with E-state index in [1.807, 2.05) is 12.1 Å². The van der Waals surface area contributed by atoms with E-state index in [2.05, 4.69) is 191 Å². The fourth-order valence-electron chi connectivity index (χ4n) is 7.64. The lowest BCUT2D eigenvalue weighted by molar-refractivity contribution is 0.669. The summed E-state index contributed by atoms with van der Waals surface area (Å²) in [5, 5.41) is 4.76. The number of anilines is 3. The van der Waals surface area contributed by atoms with Gasteiger partial charge >= 0.3 is 0 Å². The number of furan rings is 1. The van der Waals surface area contributed by atoms with Crippen molar-refractivity contribution < 1.29 is 4.42 Å². The number of rotatable bonds is 6. The second-order valence-electron chi connectivity index (χ2n) is 13.0. The lowest BCUT2D eigenvalue weighted by Crippen LogP contribution is -2.10. The van der Waals surface area contributed by atoms with E-state index in [1.54, 1.807) is 0 Å². The van der Waals surface area contributed by atoms with Gasteiger partial charge in [0, 0.05) is 44.3 Å². The summed E-state index contributed by atoms with van der Waals surface area (Å²) in [5.41, 5.74) is 13.4. The van der Waals surface area contributed by atoms with Crippen LogP contribution in [0, 0.1) is 0 Å². The van der Waals surface area contributed by atoms with Crippen LogP contribution in [0.2, 0.25) is 0 Å². The summed E-state index contributed by atoms with van der Waals surface area (Å²) in [6.07, 6.45) is 0. The minimum atomic E-state index is 0.908. The summed E-state index contributed by atoms with van der Waals surface area (Å²) in [6.45, 7) is 0. The van der Waals surface area contributed by atoms with Gasteiger partial charge in [0.15, 0.2) is 0 Å². The molecule has 0 aliphatic rings. The molecule has 51 heavy (non-hydrogen) atoms. The Hall–Kier alpha value is -6.84. The quantitative estimate of drug-likeness (QED) is 0.178. The van der Waals surface area contributed by atoms with Crippen molar-refractivity contribution >= 4 is 60.8 Å². The lowest BCUT2D eigenvalue weighted by Gasteiger charge is -2.26. The van der Waals surface area contributed by atoms with E-state index >= 15 is 0 Å². The maximum atomic E-state index is 6.10. The van der Waals surface area contributed by atoms with Gasteiger partial charge < -0.3 is 13.9 Å². The predicted octanol–water partition coefficient (Wildman–Crippen LogP) is 13.5. The molecule has 0 unspecified atom stereocenters. The molecule has 0 radical (unpaired) electrons. The molecule has 10 rings (SSSR count). The Morgan fingerprint density at radius 1 is 0.373 bits per heavy atom. The predicted molar refractivity (Wildman–Crippen MR) is 214 cm³/mol. The van der Waals surface area contributed by atoms with Gasteiger partial charge in [0.05, 0.1) is 11.0 Å². The number of hydrogen-bond acceptors (Lipinski definition) is 2. The molecule has 0 bridgehead atoms. The van der Waals surface area contributed by atoms with Crippen LogP contribution in [-0.4, -0.2) is 4.57 Å². The molecule has 0 N–H and O–H groups in total. The van der Waals surface area contributed by atoms with Gasteiger partial charge in [-0.15, -0.1) is 0 Å². The summed E-state index contributed by atoms with van der Waals surface area (Å²) in [6, 6.07) is 69.2. The average molecular weight is 653 g/mol. The minimum absolute atomic E-state index is 0.908. The number of hydrogen-bond donors (Lipinski definition) is 0. The van der Waals surface area contributed by atoms with Crippen LogP contribution >= 0.6 is 0 Å². The Kier molecular flexibility index (Phi) is 6.81. The van der Waals surface area contributed by atoms with Gasteiger partial charge in [0.25, 0.3) is 0 Å². The fourth-order valence-corrected chi connectivity index (χ4v) is 7.64. The molecule has 0 fully saturated rings. The fraction of sp³-hybridized carbons (Fsp3) is 0. The van der Waals surface area contributed by atoms with E-state index in [4.69, 9.17) is 4.42 Å². The first-order chi connectivity index (χ1) is 25.3. The molecule has 0 spiro atoms. The lowest BCUT2D eigenvalue weighted by atomic mass is 9.99. The van der Waals surface area contributed by atoms with Gasteiger partial charge in [-0.25, -0.2) is 0 Å². The molecule has 0 aliphatic heterocycles. The van der Waals surface area contributed by atoms with Gasteiger partial charge in [-0.3, -0.25) is 0 Å². The van der Waals surface area contributed by atoms with Crippen LogP contribution in [0.5, 0.6) is 0 Å². The highest BCUT2D eigenvalue weighted by Crippen LogP contribution is 2.43. The third kappa shape index (κ3) is 4.90. The molecule has 8 aromatic carbocycles. The topological polar surface area (TPSA) is 21.3 Å². The van der Waals surface area contributed by atoms with Gasteiger partial charge in [0.1, 0.15) is 11.2 Å². The number of aromatic nitrogens is 1. The molecule has 3 heteroatoms. The molecule has 2 heterocycles. The second-order valence-corrected chi connectivity index (χ2v) is 13.0. The maximum absolute atomic E-state index is 6.10. The van der Waals surface area contributed by atoms with Crippen molar-refractivity contribution in [3.8, 4) is 27.9 Å². The molecule has 0 saturated heterocycles. The van der Waals surface area contributed by atoms with E-state index < -0.39 is 0 Å². The highest BCUT2D eigenvalue weighted by molar-refractivity contribution is 6.16. The van der Waals surface area contributed by atoms with Crippen molar-refractivity contribution in [2.24, 2.45) is 0 Å². The molecule has 2 aromatic heterocycles. The van der Waals surface area contributed by atoms with Crippen LogP contribution in [0.15, 0.2) is 199 Å². The van der Waals surface area contributed by atoms with Gasteiger partial charge in [-0.05, 0) is 95.1 Å². The average Bonchev–Trinajstić information content (AvgIpc) is 3.74. The van der Waals surface area contributed by atoms with E-state index in [0.717, 1.165) is 61.3 Å². The molecule has 240 valence electrons. The third-order valence-electron chi connectivity index (χ3n) is 9.98. The zero-order valence-electron chi connectivity index (χ0n) is 27.8. The van der Waals surface area contributed by atoms with Crippen molar-refractivity contribution in [2.75, 3.05) is 4.90 Å². The van der Waals surface area contributed by atoms with E-state index in [-0.39, 0.29) is 0 Å². The van der Waals surface area contributed by atoms with Crippen molar-refractivity contribution in [2.45, 2.75) is 0 Å². The molecule has 0 aliphatic carbocycles.